The smallest absolute Gasteiger partial charge is 0.244 e. The van der Waals surface area contributed by atoms with E-state index in [1.54, 1.807) is 6.92 Å². The second-order valence-corrected chi connectivity index (χ2v) is 7.14. The van der Waals surface area contributed by atoms with Crippen molar-refractivity contribution >= 4 is 10.0 Å². The number of sulfonamides is 1. The highest BCUT2D eigenvalue weighted by Crippen LogP contribution is 2.32. The van der Waals surface area contributed by atoms with Gasteiger partial charge in [-0.1, -0.05) is 19.8 Å². The van der Waals surface area contributed by atoms with E-state index in [1.165, 1.54) is 12.8 Å². The minimum Gasteiger partial charge on any atom is -0.465 e. The van der Waals surface area contributed by atoms with Crippen molar-refractivity contribution in [1.82, 2.24) is 10.0 Å². The lowest BCUT2D eigenvalue weighted by Crippen LogP contribution is -2.27. The molecule has 0 atom stereocenters. The summed E-state index contributed by atoms with van der Waals surface area (Å²) in [6.45, 7) is 7.32. The van der Waals surface area contributed by atoms with Crippen molar-refractivity contribution in [2.24, 2.45) is 5.92 Å². The van der Waals surface area contributed by atoms with Gasteiger partial charge < -0.3 is 9.73 Å². The Morgan fingerprint density at radius 3 is 2.55 bits per heavy atom. The molecule has 0 spiro atoms. The standard InChI is InChI=1S/C14H24N2O3S/c1-4-15-9-13-10(2)19-11(3)14(13)20(17,18)16-8-7-12-5-6-12/h12,15-16H,4-9H2,1-3H3. The Hall–Kier alpha value is -0.850. The fourth-order valence-corrected chi connectivity index (χ4v) is 3.88. The van der Waals surface area contributed by atoms with Gasteiger partial charge in [-0.15, -0.1) is 0 Å². The van der Waals surface area contributed by atoms with Gasteiger partial charge in [-0.25, -0.2) is 13.1 Å². The van der Waals surface area contributed by atoms with Gasteiger partial charge in [0.25, 0.3) is 0 Å². The van der Waals surface area contributed by atoms with E-state index in [0.29, 0.717) is 35.4 Å². The van der Waals surface area contributed by atoms with Gasteiger partial charge >= 0.3 is 0 Å². The van der Waals surface area contributed by atoms with Crippen LogP contribution in [0.2, 0.25) is 0 Å². The maximum Gasteiger partial charge on any atom is 0.244 e. The SMILES string of the molecule is CCNCc1c(C)oc(C)c1S(=O)(=O)NCCC1CC1. The third-order valence-corrected chi connectivity index (χ3v) is 5.34. The average Bonchev–Trinajstić information content (AvgIpc) is 3.12. The normalized spacial score (nSPS) is 15.8. The van der Waals surface area contributed by atoms with Gasteiger partial charge in [-0.2, -0.15) is 0 Å². The summed E-state index contributed by atoms with van der Waals surface area (Å²) >= 11 is 0. The molecular formula is C14H24N2O3S. The zero-order chi connectivity index (χ0) is 14.8. The zero-order valence-electron chi connectivity index (χ0n) is 12.5. The Labute approximate surface area is 121 Å². The van der Waals surface area contributed by atoms with Crippen molar-refractivity contribution in [3.8, 4) is 0 Å². The maximum atomic E-state index is 12.5. The lowest BCUT2D eigenvalue weighted by atomic mass is 10.2. The predicted molar refractivity (Wildman–Crippen MR) is 78.1 cm³/mol. The molecule has 2 N–H and O–H groups in total. The summed E-state index contributed by atoms with van der Waals surface area (Å²) in [5.41, 5.74) is 0.739. The molecule has 0 aliphatic heterocycles. The third-order valence-electron chi connectivity index (χ3n) is 3.69. The number of furan rings is 1. The quantitative estimate of drug-likeness (QED) is 0.771. The first-order chi connectivity index (χ1) is 9.45. The molecule has 0 unspecified atom stereocenters. The van der Waals surface area contributed by atoms with Crippen LogP contribution in [-0.2, 0) is 16.6 Å². The third kappa shape index (κ3) is 3.62. The molecule has 1 fully saturated rings. The maximum absolute atomic E-state index is 12.5. The predicted octanol–water partition coefficient (Wildman–Crippen LogP) is 2.08. The van der Waals surface area contributed by atoms with Crippen molar-refractivity contribution in [3.63, 3.8) is 0 Å². The van der Waals surface area contributed by atoms with Gasteiger partial charge in [0, 0.05) is 18.7 Å². The molecule has 1 aliphatic rings. The lowest BCUT2D eigenvalue weighted by Gasteiger charge is -2.08. The van der Waals surface area contributed by atoms with E-state index in [9.17, 15) is 8.42 Å². The van der Waals surface area contributed by atoms with Gasteiger partial charge in [0.15, 0.2) is 0 Å². The van der Waals surface area contributed by atoms with Crippen LogP contribution in [0.25, 0.3) is 0 Å². The van der Waals surface area contributed by atoms with Crippen LogP contribution in [-0.4, -0.2) is 21.5 Å². The monoisotopic (exact) mass is 300 g/mol. The van der Waals surface area contributed by atoms with Crippen LogP contribution >= 0.6 is 0 Å². The topological polar surface area (TPSA) is 71.3 Å². The molecule has 1 saturated carbocycles. The Morgan fingerprint density at radius 2 is 1.95 bits per heavy atom. The molecule has 6 heteroatoms. The Morgan fingerprint density at radius 1 is 1.25 bits per heavy atom. The van der Waals surface area contributed by atoms with Crippen LogP contribution in [0.5, 0.6) is 0 Å². The molecule has 0 radical (unpaired) electrons. The van der Waals surface area contributed by atoms with E-state index in [-0.39, 0.29) is 0 Å². The highest BCUT2D eigenvalue weighted by molar-refractivity contribution is 7.89. The molecule has 0 bridgehead atoms. The molecule has 0 saturated heterocycles. The molecule has 0 amide bonds. The van der Waals surface area contributed by atoms with Crippen LogP contribution in [0.15, 0.2) is 9.31 Å². The number of aryl methyl sites for hydroxylation is 2. The summed E-state index contributed by atoms with van der Waals surface area (Å²) in [7, 11) is -3.48. The first-order valence-corrected chi connectivity index (χ1v) is 8.73. The van der Waals surface area contributed by atoms with Crippen LogP contribution in [0.1, 0.15) is 43.3 Å². The highest BCUT2D eigenvalue weighted by atomic mass is 32.2. The van der Waals surface area contributed by atoms with Gasteiger partial charge in [-0.3, -0.25) is 0 Å². The molecular weight excluding hydrogens is 276 g/mol. The second-order valence-electron chi connectivity index (χ2n) is 5.43. The first-order valence-electron chi connectivity index (χ1n) is 7.25. The van der Waals surface area contributed by atoms with Crippen molar-refractivity contribution < 1.29 is 12.8 Å². The fraction of sp³-hybridized carbons (Fsp3) is 0.714. The molecule has 1 aromatic heterocycles. The van der Waals surface area contributed by atoms with E-state index in [4.69, 9.17) is 4.42 Å². The number of hydrogen-bond donors (Lipinski definition) is 2. The summed E-state index contributed by atoms with van der Waals surface area (Å²) in [5.74, 6) is 1.85. The van der Waals surface area contributed by atoms with Gasteiger partial charge in [0.05, 0.1) is 0 Å². The number of rotatable bonds is 8. The fourth-order valence-electron chi connectivity index (χ4n) is 2.39. The number of nitrogens with one attached hydrogen (secondary N) is 2. The molecule has 1 heterocycles. The molecule has 114 valence electrons. The molecule has 0 aromatic carbocycles. The molecule has 1 aromatic rings. The van der Waals surface area contributed by atoms with Crippen LogP contribution in [0.3, 0.4) is 0 Å². The summed E-state index contributed by atoms with van der Waals surface area (Å²) in [5, 5.41) is 3.16. The van der Waals surface area contributed by atoms with E-state index < -0.39 is 10.0 Å². The molecule has 2 rings (SSSR count). The van der Waals surface area contributed by atoms with Gasteiger partial charge in [0.1, 0.15) is 16.4 Å². The summed E-state index contributed by atoms with van der Waals surface area (Å²) in [6, 6.07) is 0. The van der Waals surface area contributed by atoms with Gasteiger partial charge in [-0.05, 0) is 32.7 Å². The summed E-state index contributed by atoms with van der Waals surface area (Å²) in [6.07, 6.45) is 3.39. The van der Waals surface area contributed by atoms with Crippen LogP contribution in [0.4, 0.5) is 0 Å². The van der Waals surface area contributed by atoms with E-state index in [1.807, 2.05) is 13.8 Å². The largest absolute Gasteiger partial charge is 0.465 e. The first kappa shape index (κ1) is 15.5. The Balaban J connectivity index is 2.15. The van der Waals surface area contributed by atoms with Crippen molar-refractivity contribution in [2.75, 3.05) is 13.1 Å². The Bertz CT molecular complexity index is 559. The van der Waals surface area contributed by atoms with Crippen molar-refractivity contribution in [3.05, 3.63) is 17.1 Å². The summed E-state index contributed by atoms with van der Waals surface area (Å²) < 4.78 is 33.1. The minimum absolute atomic E-state index is 0.312. The summed E-state index contributed by atoms with van der Waals surface area (Å²) in [4.78, 5) is 0.312. The van der Waals surface area contributed by atoms with Crippen molar-refractivity contribution in [2.45, 2.75) is 51.5 Å². The second kappa shape index (κ2) is 6.28. The minimum atomic E-state index is -3.48. The molecule has 20 heavy (non-hydrogen) atoms. The molecule has 1 aliphatic carbocycles. The van der Waals surface area contributed by atoms with Crippen molar-refractivity contribution in [1.29, 1.82) is 0 Å². The number of hydrogen-bond acceptors (Lipinski definition) is 4. The van der Waals surface area contributed by atoms with E-state index >= 15 is 0 Å². The van der Waals surface area contributed by atoms with Crippen LogP contribution < -0.4 is 10.0 Å². The van der Waals surface area contributed by atoms with E-state index in [2.05, 4.69) is 10.0 Å². The van der Waals surface area contributed by atoms with E-state index in [0.717, 1.165) is 18.5 Å². The Kier molecular flexibility index (Phi) is 4.88. The highest BCUT2D eigenvalue weighted by Gasteiger charge is 2.27. The lowest BCUT2D eigenvalue weighted by molar-refractivity contribution is 0.493. The molecule has 5 nitrogen and oxygen atoms in total. The van der Waals surface area contributed by atoms with Crippen LogP contribution in [0, 0.1) is 19.8 Å². The zero-order valence-corrected chi connectivity index (χ0v) is 13.3. The average molecular weight is 300 g/mol. The van der Waals surface area contributed by atoms with Gasteiger partial charge in [0.2, 0.25) is 10.0 Å².